The van der Waals surface area contributed by atoms with Gasteiger partial charge in [-0.1, -0.05) is 24.3 Å². The predicted octanol–water partition coefficient (Wildman–Crippen LogP) is 1.60. The van der Waals surface area contributed by atoms with Crippen LogP contribution in [0.2, 0.25) is 0 Å². The van der Waals surface area contributed by atoms with Crippen molar-refractivity contribution >= 4 is 5.91 Å². The van der Waals surface area contributed by atoms with Gasteiger partial charge in [-0.25, -0.2) is 0 Å². The average Bonchev–Trinajstić information content (AvgIpc) is 2.49. The molecule has 2 N–H and O–H groups in total. The van der Waals surface area contributed by atoms with Gasteiger partial charge in [0.05, 0.1) is 12.7 Å². The van der Waals surface area contributed by atoms with Crippen molar-refractivity contribution in [2.24, 2.45) is 0 Å². The van der Waals surface area contributed by atoms with Crippen molar-refractivity contribution in [2.45, 2.75) is 37.7 Å². The van der Waals surface area contributed by atoms with Gasteiger partial charge in [-0.15, -0.1) is 0 Å². The maximum atomic E-state index is 11.8. The predicted molar refractivity (Wildman–Crippen MR) is 82.4 cm³/mol. The molecule has 4 heteroatoms. The van der Waals surface area contributed by atoms with Gasteiger partial charge in [0.2, 0.25) is 5.91 Å². The molecule has 1 atom stereocenters. The zero-order valence-electron chi connectivity index (χ0n) is 12.4. The summed E-state index contributed by atoms with van der Waals surface area (Å²) in [7, 11) is 0. The van der Waals surface area contributed by atoms with Gasteiger partial charge < -0.3 is 15.4 Å². The van der Waals surface area contributed by atoms with E-state index in [2.05, 4.69) is 34.9 Å². The molecule has 1 unspecified atom stereocenters. The molecule has 1 amide bonds. The number of rotatable bonds is 6. The summed E-state index contributed by atoms with van der Waals surface area (Å²) >= 11 is 0. The summed E-state index contributed by atoms with van der Waals surface area (Å²) in [4.78, 5) is 11.8. The molecule has 0 spiro atoms. The lowest BCUT2D eigenvalue weighted by atomic mass is 9.77. The van der Waals surface area contributed by atoms with Gasteiger partial charge in [0.15, 0.2) is 0 Å². The second-order valence-electron chi connectivity index (χ2n) is 5.97. The zero-order valence-corrected chi connectivity index (χ0v) is 12.4. The third-order valence-corrected chi connectivity index (χ3v) is 4.48. The van der Waals surface area contributed by atoms with Crippen LogP contribution in [0.25, 0.3) is 0 Å². The van der Waals surface area contributed by atoms with E-state index < -0.39 is 0 Å². The molecule has 1 saturated heterocycles. The normalized spacial score (nSPS) is 21.4. The molecule has 1 aromatic rings. The molecule has 4 nitrogen and oxygen atoms in total. The Hall–Kier alpha value is -1.39. The first kappa shape index (κ1) is 14.5. The Bertz CT molecular complexity index is 483. The molecule has 114 valence electrons. The summed E-state index contributed by atoms with van der Waals surface area (Å²) in [5.74, 6) is 0.601. The first-order valence-electron chi connectivity index (χ1n) is 8.00. The Labute approximate surface area is 126 Å². The van der Waals surface area contributed by atoms with Gasteiger partial charge in [0.1, 0.15) is 0 Å². The summed E-state index contributed by atoms with van der Waals surface area (Å²) < 4.78 is 5.76. The Kier molecular flexibility index (Phi) is 4.88. The highest BCUT2D eigenvalue weighted by molar-refractivity contribution is 5.76. The number of carbonyl (C=O) groups excluding carboxylic acids is 1. The maximum absolute atomic E-state index is 11.8. The lowest BCUT2D eigenvalue weighted by molar-refractivity contribution is -0.122. The number of hydrogen-bond donors (Lipinski definition) is 2. The average molecular weight is 288 g/mol. The molecule has 1 aliphatic carbocycles. The fraction of sp³-hybridized carbons (Fsp3) is 0.588. The lowest BCUT2D eigenvalue weighted by Crippen LogP contribution is -2.35. The van der Waals surface area contributed by atoms with Gasteiger partial charge in [-0.05, 0) is 43.5 Å². The molecular formula is C17H24N2O2. The summed E-state index contributed by atoms with van der Waals surface area (Å²) in [5.41, 5.74) is 2.81. The van der Waals surface area contributed by atoms with Crippen LogP contribution in [0.15, 0.2) is 24.3 Å². The molecule has 1 heterocycles. The van der Waals surface area contributed by atoms with E-state index in [1.165, 1.54) is 11.1 Å². The van der Waals surface area contributed by atoms with Crippen LogP contribution in [0, 0.1) is 0 Å². The van der Waals surface area contributed by atoms with Gasteiger partial charge in [-0.2, -0.15) is 0 Å². The van der Waals surface area contributed by atoms with Crippen molar-refractivity contribution in [3.05, 3.63) is 35.4 Å². The smallest absolute Gasteiger partial charge is 0.222 e. The highest BCUT2D eigenvalue weighted by Crippen LogP contribution is 2.33. The van der Waals surface area contributed by atoms with E-state index in [4.69, 9.17) is 4.74 Å². The van der Waals surface area contributed by atoms with Gasteiger partial charge in [0, 0.05) is 18.9 Å². The number of carbonyl (C=O) groups is 1. The molecule has 0 radical (unpaired) electrons. The number of fused-ring (bicyclic) bond motifs is 1. The van der Waals surface area contributed by atoms with Crippen molar-refractivity contribution in [3.63, 3.8) is 0 Å². The fourth-order valence-corrected chi connectivity index (χ4v) is 3.15. The number of ether oxygens (including phenoxy) is 1. The Morgan fingerprint density at radius 2 is 2.10 bits per heavy atom. The Balaban J connectivity index is 1.30. The van der Waals surface area contributed by atoms with Crippen LogP contribution in [0.4, 0.5) is 0 Å². The molecule has 21 heavy (non-hydrogen) atoms. The third-order valence-electron chi connectivity index (χ3n) is 4.48. The van der Waals surface area contributed by atoms with Crippen LogP contribution in [0.1, 0.15) is 36.3 Å². The van der Waals surface area contributed by atoms with Crippen LogP contribution in [-0.2, 0) is 16.0 Å². The summed E-state index contributed by atoms with van der Waals surface area (Å²) in [6.07, 6.45) is 4.00. The van der Waals surface area contributed by atoms with E-state index in [-0.39, 0.29) is 5.91 Å². The minimum atomic E-state index is 0.105. The van der Waals surface area contributed by atoms with Crippen LogP contribution in [-0.4, -0.2) is 38.3 Å². The molecule has 1 fully saturated rings. The monoisotopic (exact) mass is 288 g/mol. The SMILES string of the molecule is O=C(CCOC1CCNCC1)NCC1Cc2ccccc21. The fourth-order valence-electron chi connectivity index (χ4n) is 3.15. The van der Waals surface area contributed by atoms with E-state index in [9.17, 15) is 4.79 Å². The summed E-state index contributed by atoms with van der Waals surface area (Å²) in [6.45, 7) is 3.34. The van der Waals surface area contributed by atoms with Crippen molar-refractivity contribution in [3.8, 4) is 0 Å². The highest BCUT2D eigenvalue weighted by atomic mass is 16.5. The number of hydrogen-bond acceptors (Lipinski definition) is 3. The van der Waals surface area contributed by atoms with Crippen LogP contribution >= 0.6 is 0 Å². The quantitative estimate of drug-likeness (QED) is 0.836. The van der Waals surface area contributed by atoms with Gasteiger partial charge in [0.25, 0.3) is 0 Å². The number of piperidine rings is 1. The first-order chi connectivity index (χ1) is 10.3. The maximum Gasteiger partial charge on any atom is 0.222 e. The van der Waals surface area contributed by atoms with Crippen molar-refractivity contribution in [2.75, 3.05) is 26.2 Å². The minimum Gasteiger partial charge on any atom is -0.378 e. The topological polar surface area (TPSA) is 50.4 Å². The summed E-state index contributed by atoms with van der Waals surface area (Å²) in [5, 5.41) is 6.34. The van der Waals surface area contributed by atoms with Crippen LogP contribution in [0.5, 0.6) is 0 Å². The zero-order chi connectivity index (χ0) is 14.5. The molecule has 3 rings (SSSR count). The molecule has 1 aromatic carbocycles. The van der Waals surface area contributed by atoms with Crippen molar-refractivity contribution in [1.29, 1.82) is 0 Å². The van der Waals surface area contributed by atoms with E-state index in [1.807, 2.05) is 0 Å². The Morgan fingerprint density at radius 1 is 1.29 bits per heavy atom. The standard InChI is InChI=1S/C17H24N2O2/c20-17(7-10-21-15-5-8-18-9-6-15)19-12-14-11-13-3-1-2-4-16(13)14/h1-4,14-15,18H,5-12H2,(H,19,20). The van der Waals surface area contributed by atoms with Crippen molar-refractivity contribution in [1.82, 2.24) is 10.6 Å². The largest absolute Gasteiger partial charge is 0.378 e. The summed E-state index contributed by atoms with van der Waals surface area (Å²) in [6, 6.07) is 8.47. The molecule has 0 aromatic heterocycles. The molecule has 0 bridgehead atoms. The minimum absolute atomic E-state index is 0.105. The van der Waals surface area contributed by atoms with E-state index in [0.717, 1.165) is 38.9 Å². The highest BCUT2D eigenvalue weighted by Gasteiger charge is 2.25. The lowest BCUT2D eigenvalue weighted by Gasteiger charge is -2.30. The first-order valence-corrected chi connectivity index (χ1v) is 8.00. The van der Waals surface area contributed by atoms with E-state index in [1.54, 1.807) is 0 Å². The molecule has 1 aliphatic heterocycles. The number of benzene rings is 1. The van der Waals surface area contributed by atoms with Gasteiger partial charge >= 0.3 is 0 Å². The van der Waals surface area contributed by atoms with E-state index >= 15 is 0 Å². The molecule has 2 aliphatic rings. The second kappa shape index (κ2) is 7.05. The van der Waals surface area contributed by atoms with Crippen LogP contribution < -0.4 is 10.6 Å². The van der Waals surface area contributed by atoms with E-state index in [0.29, 0.717) is 25.0 Å². The number of amides is 1. The second-order valence-corrected chi connectivity index (χ2v) is 5.97. The third kappa shape index (κ3) is 3.83. The number of nitrogens with one attached hydrogen (secondary N) is 2. The van der Waals surface area contributed by atoms with Gasteiger partial charge in [-0.3, -0.25) is 4.79 Å². The Morgan fingerprint density at radius 3 is 2.90 bits per heavy atom. The van der Waals surface area contributed by atoms with Crippen LogP contribution in [0.3, 0.4) is 0 Å². The molecular weight excluding hydrogens is 264 g/mol. The molecule has 0 saturated carbocycles. The van der Waals surface area contributed by atoms with Crippen molar-refractivity contribution < 1.29 is 9.53 Å².